The molecule has 154 valence electrons. The topological polar surface area (TPSA) is 71.5 Å². The molecule has 0 fully saturated rings. The predicted octanol–water partition coefficient (Wildman–Crippen LogP) is 4.20. The van der Waals surface area contributed by atoms with Crippen LogP contribution in [0.1, 0.15) is 16.8 Å². The minimum atomic E-state index is -0.628. The third kappa shape index (κ3) is 4.17. The Morgan fingerprint density at radius 3 is 2.73 bits per heavy atom. The van der Waals surface area contributed by atoms with Crippen molar-refractivity contribution in [3.63, 3.8) is 0 Å². The van der Waals surface area contributed by atoms with E-state index in [2.05, 4.69) is 10.3 Å². The van der Waals surface area contributed by atoms with Crippen molar-refractivity contribution in [3.05, 3.63) is 63.4 Å². The number of fused-ring (bicyclic) bond motifs is 1. The van der Waals surface area contributed by atoms with Crippen LogP contribution in [0, 0.1) is 6.92 Å². The second-order valence-corrected chi connectivity index (χ2v) is 8.67. The molecule has 1 aliphatic heterocycles. The van der Waals surface area contributed by atoms with Gasteiger partial charge in [0.1, 0.15) is 17.3 Å². The number of halogens is 1. The summed E-state index contributed by atoms with van der Waals surface area (Å²) in [4.78, 5) is 32.3. The zero-order valence-corrected chi connectivity index (χ0v) is 18.1. The predicted molar refractivity (Wildman–Crippen MR) is 118 cm³/mol. The minimum absolute atomic E-state index is 0.0715. The Balaban J connectivity index is 1.43. The van der Waals surface area contributed by atoms with Gasteiger partial charge in [-0.3, -0.25) is 14.5 Å². The van der Waals surface area contributed by atoms with Crippen LogP contribution < -0.4 is 15.0 Å². The third-order valence-corrected chi connectivity index (χ3v) is 5.99. The van der Waals surface area contributed by atoms with Crippen LogP contribution in [0.3, 0.4) is 0 Å². The van der Waals surface area contributed by atoms with Crippen molar-refractivity contribution < 1.29 is 14.3 Å². The Morgan fingerprint density at radius 1 is 1.23 bits per heavy atom. The van der Waals surface area contributed by atoms with Gasteiger partial charge in [-0.2, -0.15) is 0 Å². The number of aromatic nitrogens is 1. The van der Waals surface area contributed by atoms with Gasteiger partial charge < -0.3 is 10.1 Å². The number of hydrogen-bond donors (Lipinski definition) is 1. The van der Waals surface area contributed by atoms with Gasteiger partial charge in [0.15, 0.2) is 6.10 Å². The van der Waals surface area contributed by atoms with E-state index in [0.717, 1.165) is 21.1 Å². The van der Waals surface area contributed by atoms with Crippen LogP contribution >= 0.6 is 22.9 Å². The number of nitrogens with one attached hydrogen (secondary N) is 1. The summed E-state index contributed by atoms with van der Waals surface area (Å²) in [7, 11) is 0. The number of carbonyl (C=O) groups excluding carboxylic acids is 2. The van der Waals surface area contributed by atoms with Gasteiger partial charge in [-0.15, -0.1) is 11.3 Å². The van der Waals surface area contributed by atoms with E-state index in [1.165, 1.54) is 16.2 Å². The Kier molecular flexibility index (Phi) is 5.74. The number of carbonyl (C=O) groups is 2. The molecule has 3 aromatic rings. The van der Waals surface area contributed by atoms with Gasteiger partial charge in [-0.1, -0.05) is 35.9 Å². The van der Waals surface area contributed by atoms with Crippen molar-refractivity contribution in [2.75, 3.05) is 11.4 Å². The van der Waals surface area contributed by atoms with Gasteiger partial charge in [-0.25, -0.2) is 4.98 Å². The van der Waals surface area contributed by atoms with E-state index < -0.39 is 6.10 Å². The van der Waals surface area contributed by atoms with Crippen LogP contribution in [0.2, 0.25) is 5.02 Å². The number of aryl methyl sites for hydroxylation is 1. The Hall–Kier alpha value is -2.90. The van der Waals surface area contributed by atoms with Crippen molar-refractivity contribution in [1.29, 1.82) is 0 Å². The molecule has 6 nitrogen and oxygen atoms in total. The fraction of sp³-hybridized carbons (Fsp3) is 0.227. The highest BCUT2D eigenvalue weighted by molar-refractivity contribution is 7.12. The van der Waals surface area contributed by atoms with E-state index in [1.54, 1.807) is 19.1 Å². The number of rotatable bonds is 5. The molecule has 4 rings (SSSR count). The lowest BCUT2D eigenvalue weighted by atomic mass is 10.1. The van der Waals surface area contributed by atoms with Crippen LogP contribution in [0.4, 0.5) is 5.69 Å². The number of benzene rings is 2. The van der Waals surface area contributed by atoms with Gasteiger partial charge in [0, 0.05) is 15.5 Å². The highest BCUT2D eigenvalue weighted by Gasteiger charge is 2.32. The molecule has 0 radical (unpaired) electrons. The molecule has 30 heavy (non-hydrogen) atoms. The molecule has 1 aromatic heterocycles. The van der Waals surface area contributed by atoms with Crippen molar-refractivity contribution in [1.82, 2.24) is 10.3 Å². The molecule has 1 N–H and O–H groups in total. The summed E-state index contributed by atoms with van der Waals surface area (Å²) in [5.74, 6) is 0.104. The lowest BCUT2D eigenvalue weighted by Gasteiger charge is -2.32. The van der Waals surface area contributed by atoms with E-state index in [0.29, 0.717) is 23.0 Å². The van der Waals surface area contributed by atoms with Gasteiger partial charge in [-0.05, 0) is 38.1 Å². The summed E-state index contributed by atoms with van der Waals surface area (Å²) in [5, 5.41) is 4.34. The van der Waals surface area contributed by atoms with E-state index >= 15 is 0 Å². The average molecular weight is 442 g/mol. The van der Waals surface area contributed by atoms with Crippen molar-refractivity contribution >= 4 is 40.4 Å². The summed E-state index contributed by atoms with van der Waals surface area (Å²) in [6.45, 7) is 3.91. The maximum absolute atomic E-state index is 12.6. The zero-order chi connectivity index (χ0) is 21.3. The first kappa shape index (κ1) is 20.4. The molecule has 2 heterocycles. The standard InChI is InChI=1S/C22H20ClN3O3S/c1-13-22(28)26(17-5-3-4-6-18(17)29-13)12-19(27)24-11-20-25-21(14(2)30-20)15-7-9-16(23)10-8-15/h3-10,13H,11-12H2,1-2H3,(H,24,27)/t13-/m0/s1. The SMILES string of the molecule is Cc1sc(CNC(=O)CN2C(=O)[C@H](C)Oc3ccccc32)nc1-c1ccc(Cl)cc1. The fourth-order valence-electron chi connectivity index (χ4n) is 3.30. The maximum atomic E-state index is 12.6. The molecular weight excluding hydrogens is 422 g/mol. The number of anilines is 1. The lowest BCUT2D eigenvalue weighted by Crippen LogP contribution is -2.48. The number of hydrogen-bond acceptors (Lipinski definition) is 5. The van der Waals surface area contributed by atoms with Gasteiger partial charge >= 0.3 is 0 Å². The van der Waals surface area contributed by atoms with Crippen molar-refractivity contribution in [2.45, 2.75) is 26.5 Å². The minimum Gasteiger partial charge on any atom is -0.479 e. The van der Waals surface area contributed by atoms with E-state index in [4.69, 9.17) is 16.3 Å². The summed E-state index contributed by atoms with van der Waals surface area (Å²) in [6.07, 6.45) is -0.628. The van der Waals surface area contributed by atoms with Crippen LogP contribution in [0.5, 0.6) is 5.75 Å². The highest BCUT2D eigenvalue weighted by atomic mass is 35.5. The lowest BCUT2D eigenvalue weighted by molar-refractivity contribution is -0.128. The van der Waals surface area contributed by atoms with Crippen molar-refractivity contribution in [2.24, 2.45) is 0 Å². The quantitative estimate of drug-likeness (QED) is 0.644. The molecule has 8 heteroatoms. The highest BCUT2D eigenvalue weighted by Crippen LogP contribution is 2.33. The van der Waals surface area contributed by atoms with Gasteiger partial charge in [0.05, 0.1) is 17.9 Å². The molecule has 0 aliphatic carbocycles. The normalized spacial score (nSPS) is 15.5. The van der Waals surface area contributed by atoms with E-state index in [9.17, 15) is 9.59 Å². The molecule has 0 bridgehead atoms. The first-order chi connectivity index (χ1) is 14.4. The van der Waals surface area contributed by atoms with E-state index in [1.807, 2.05) is 43.3 Å². The Labute approximate surface area is 183 Å². The molecular formula is C22H20ClN3O3S. The largest absolute Gasteiger partial charge is 0.479 e. The summed E-state index contributed by atoms with van der Waals surface area (Å²) >= 11 is 7.49. The van der Waals surface area contributed by atoms with Crippen LogP contribution in [-0.2, 0) is 16.1 Å². The van der Waals surface area contributed by atoms with Gasteiger partial charge in [0.25, 0.3) is 5.91 Å². The molecule has 2 aromatic carbocycles. The number of nitrogens with zero attached hydrogens (tertiary/aromatic N) is 2. The number of ether oxygens (including phenoxy) is 1. The summed E-state index contributed by atoms with van der Waals surface area (Å²) in [5.41, 5.74) is 2.47. The summed E-state index contributed by atoms with van der Waals surface area (Å²) in [6, 6.07) is 14.7. The first-order valence-electron chi connectivity index (χ1n) is 9.48. The molecule has 1 aliphatic rings. The monoisotopic (exact) mass is 441 g/mol. The number of para-hydroxylation sites is 2. The number of thiazole rings is 1. The van der Waals surface area contributed by atoms with Crippen molar-refractivity contribution in [3.8, 4) is 17.0 Å². The molecule has 0 unspecified atom stereocenters. The maximum Gasteiger partial charge on any atom is 0.268 e. The molecule has 2 amide bonds. The molecule has 0 saturated heterocycles. The third-order valence-electron chi connectivity index (χ3n) is 4.77. The zero-order valence-electron chi connectivity index (χ0n) is 16.5. The smallest absolute Gasteiger partial charge is 0.268 e. The fourth-order valence-corrected chi connectivity index (χ4v) is 4.32. The average Bonchev–Trinajstić information content (AvgIpc) is 3.11. The Bertz CT molecular complexity index is 1100. The molecule has 0 saturated carbocycles. The summed E-state index contributed by atoms with van der Waals surface area (Å²) < 4.78 is 5.61. The second-order valence-electron chi connectivity index (χ2n) is 6.95. The number of amides is 2. The molecule has 0 spiro atoms. The molecule has 1 atom stereocenters. The van der Waals surface area contributed by atoms with Crippen LogP contribution in [0.25, 0.3) is 11.3 Å². The Morgan fingerprint density at radius 2 is 1.97 bits per heavy atom. The second kappa shape index (κ2) is 8.45. The van der Waals surface area contributed by atoms with Crippen LogP contribution in [-0.4, -0.2) is 29.4 Å². The van der Waals surface area contributed by atoms with Gasteiger partial charge in [0.2, 0.25) is 5.91 Å². The first-order valence-corrected chi connectivity index (χ1v) is 10.7. The van der Waals surface area contributed by atoms with Crippen LogP contribution in [0.15, 0.2) is 48.5 Å². The van der Waals surface area contributed by atoms with E-state index in [-0.39, 0.29) is 18.4 Å².